The van der Waals surface area contributed by atoms with Gasteiger partial charge in [0.2, 0.25) is 5.95 Å². The van der Waals surface area contributed by atoms with E-state index in [-0.39, 0.29) is 18.6 Å². The number of ether oxygens (including phenoxy) is 1. The normalized spacial score (nSPS) is 15.1. The summed E-state index contributed by atoms with van der Waals surface area (Å²) in [6, 6.07) is 5.62. The highest BCUT2D eigenvalue weighted by Crippen LogP contribution is 2.27. The number of amides is 2. The Morgan fingerprint density at radius 3 is 2.69 bits per heavy atom. The predicted octanol–water partition coefficient (Wildman–Crippen LogP) is 3.91. The van der Waals surface area contributed by atoms with Gasteiger partial charge in [-0.25, -0.2) is 14.8 Å². The van der Waals surface area contributed by atoms with E-state index in [0.29, 0.717) is 30.2 Å². The molecule has 0 saturated carbocycles. The number of carbonyl (C=O) groups excluding carboxylic acids is 2. The second-order valence-corrected chi connectivity index (χ2v) is 9.55. The van der Waals surface area contributed by atoms with Gasteiger partial charge in [-0.05, 0) is 50.8 Å². The van der Waals surface area contributed by atoms with Crippen LogP contribution in [0, 0.1) is 0 Å². The van der Waals surface area contributed by atoms with Gasteiger partial charge in [0.1, 0.15) is 5.60 Å². The molecular weight excluding hydrogens is 428 g/mol. The number of thiophene rings is 1. The van der Waals surface area contributed by atoms with Gasteiger partial charge in [0, 0.05) is 25.5 Å². The van der Waals surface area contributed by atoms with Gasteiger partial charge >= 0.3 is 6.09 Å². The van der Waals surface area contributed by atoms with Crippen LogP contribution in [-0.2, 0) is 4.74 Å². The molecule has 0 spiro atoms. The van der Waals surface area contributed by atoms with E-state index in [2.05, 4.69) is 20.3 Å². The van der Waals surface area contributed by atoms with E-state index in [1.165, 1.54) is 16.2 Å². The van der Waals surface area contributed by atoms with Crippen LogP contribution in [0.15, 0.2) is 36.0 Å². The van der Waals surface area contributed by atoms with Gasteiger partial charge in [0.25, 0.3) is 5.91 Å². The molecule has 1 unspecified atom stereocenters. The van der Waals surface area contributed by atoms with Crippen molar-refractivity contribution in [3.05, 3.63) is 47.2 Å². The number of hydrogen-bond donors (Lipinski definition) is 1. The Morgan fingerprint density at radius 2 is 1.97 bits per heavy atom. The number of aromatic nitrogens is 3. The van der Waals surface area contributed by atoms with E-state index in [9.17, 15) is 9.59 Å². The van der Waals surface area contributed by atoms with Crippen LogP contribution in [-0.4, -0.2) is 62.1 Å². The number of nitrogens with one attached hydrogen (secondary N) is 1. The van der Waals surface area contributed by atoms with Crippen LogP contribution in [0.4, 0.5) is 10.7 Å². The van der Waals surface area contributed by atoms with E-state index >= 15 is 0 Å². The van der Waals surface area contributed by atoms with Crippen molar-refractivity contribution in [1.82, 2.24) is 24.8 Å². The Bertz CT molecular complexity index is 1130. The van der Waals surface area contributed by atoms with Crippen molar-refractivity contribution >= 4 is 39.5 Å². The van der Waals surface area contributed by atoms with Crippen LogP contribution in [0.2, 0.25) is 0 Å². The lowest BCUT2D eigenvalue weighted by Crippen LogP contribution is -2.37. The molecule has 3 aromatic rings. The number of fused-ring (bicyclic) bond motifs is 1. The second kappa shape index (κ2) is 8.70. The molecule has 0 bridgehead atoms. The summed E-state index contributed by atoms with van der Waals surface area (Å²) in [6.45, 7) is 8.45. The van der Waals surface area contributed by atoms with Gasteiger partial charge in [-0.1, -0.05) is 6.07 Å². The summed E-state index contributed by atoms with van der Waals surface area (Å²) >= 11 is 1.42. The highest BCUT2D eigenvalue weighted by atomic mass is 32.1. The molecule has 9 nitrogen and oxygen atoms in total. The standard InChI is InChI=1S/C22H26N6O3S/c1-14(15-6-5-8-23-12-15)24-20-25-16-7-11-32-18(16)17(26-20)19(29)27-9-10-28(13-27)21(30)31-22(2,3)4/h5-8,11-12,14H,9-10,13H2,1-4H3,(H,24,25,26). The Labute approximate surface area is 190 Å². The molecule has 1 aliphatic heterocycles. The number of anilines is 1. The molecule has 0 aromatic carbocycles. The fourth-order valence-electron chi connectivity index (χ4n) is 3.36. The molecule has 4 heterocycles. The molecule has 3 aromatic heterocycles. The average molecular weight is 455 g/mol. The number of nitrogens with zero attached hydrogens (tertiary/aromatic N) is 5. The number of pyridine rings is 1. The molecule has 4 rings (SSSR count). The van der Waals surface area contributed by atoms with Crippen molar-refractivity contribution < 1.29 is 14.3 Å². The zero-order valence-corrected chi connectivity index (χ0v) is 19.3. The van der Waals surface area contributed by atoms with E-state index in [1.807, 2.05) is 51.3 Å². The zero-order valence-electron chi connectivity index (χ0n) is 18.5. The highest BCUT2D eigenvalue weighted by molar-refractivity contribution is 7.17. The molecule has 10 heteroatoms. The highest BCUT2D eigenvalue weighted by Gasteiger charge is 2.32. The number of hydrogen-bond acceptors (Lipinski definition) is 8. The summed E-state index contributed by atoms with van der Waals surface area (Å²) in [5.74, 6) is 0.141. The Kier molecular flexibility index (Phi) is 5.96. The molecule has 1 N–H and O–H groups in total. The molecule has 1 saturated heterocycles. The van der Waals surface area contributed by atoms with Gasteiger partial charge < -0.3 is 15.0 Å². The third-order valence-corrected chi connectivity index (χ3v) is 5.87. The van der Waals surface area contributed by atoms with Crippen molar-refractivity contribution in [3.8, 4) is 0 Å². The van der Waals surface area contributed by atoms with Crippen LogP contribution >= 0.6 is 11.3 Å². The maximum absolute atomic E-state index is 13.3. The van der Waals surface area contributed by atoms with Gasteiger partial charge in [-0.15, -0.1) is 11.3 Å². The first-order chi connectivity index (χ1) is 15.2. The lowest BCUT2D eigenvalue weighted by atomic mass is 10.1. The van der Waals surface area contributed by atoms with Crippen LogP contribution in [0.1, 0.15) is 49.8 Å². The third-order valence-electron chi connectivity index (χ3n) is 4.96. The summed E-state index contributed by atoms with van der Waals surface area (Å²) in [7, 11) is 0. The van der Waals surface area contributed by atoms with E-state index < -0.39 is 11.7 Å². The Balaban J connectivity index is 1.54. The summed E-state index contributed by atoms with van der Waals surface area (Å²) in [5, 5.41) is 5.16. The van der Waals surface area contributed by atoms with Gasteiger partial charge in [-0.3, -0.25) is 14.7 Å². The molecule has 0 aliphatic carbocycles. The summed E-state index contributed by atoms with van der Waals surface area (Å²) in [4.78, 5) is 42.1. The van der Waals surface area contributed by atoms with Crippen LogP contribution in [0.5, 0.6) is 0 Å². The topological polar surface area (TPSA) is 101 Å². The summed E-state index contributed by atoms with van der Waals surface area (Å²) < 4.78 is 6.16. The van der Waals surface area contributed by atoms with Gasteiger partial charge in [0.05, 0.1) is 22.9 Å². The van der Waals surface area contributed by atoms with E-state index in [1.54, 1.807) is 17.3 Å². The summed E-state index contributed by atoms with van der Waals surface area (Å²) in [5.41, 5.74) is 1.44. The Hall–Kier alpha value is -3.27. The number of rotatable bonds is 4. The zero-order chi connectivity index (χ0) is 22.9. The molecule has 1 atom stereocenters. The molecule has 0 radical (unpaired) electrons. The molecule has 32 heavy (non-hydrogen) atoms. The molecular formula is C22H26N6O3S. The molecule has 168 valence electrons. The van der Waals surface area contributed by atoms with Crippen molar-refractivity contribution in [2.24, 2.45) is 0 Å². The minimum absolute atomic E-state index is 0.0859. The fourth-order valence-corrected chi connectivity index (χ4v) is 4.17. The first-order valence-corrected chi connectivity index (χ1v) is 11.3. The van der Waals surface area contributed by atoms with Crippen LogP contribution < -0.4 is 5.32 Å². The Morgan fingerprint density at radius 1 is 1.19 bits per heavy atom. The van der Waals surface area contributed by atoms with Crippen molar-refractivity contribution in [2.75, 3.05) is 25.1 Å². The molecule has 1 fully saturated rings. The third kappa shape index (κ3) is 4.80. The second-order valence-electron chi connectivity index (χ2n) is 8.64. The quantitative estimate of drug-likeness (QED) is 0.638. The lowest BCUT2D eigenvalue weighted by molar-refractivity contribution is 0.0265. The SMILES string of the molecule is CC(Nc1nc(C(=O)N2CCN(C(=O)OC(C)(C)C)C2)c2sccc2n1)c1cccnc1. The summed E-state index contributed by atoms with van der Waals surface area (Å²) in [6.07, 6.45) is 3.07. The average Bonchev–Trinajstić information content (AvgIpc) is 3.42. The molecule has 2 amide bonds. The van der Waals surface area contributed by atoms with Crippen molar-refractivity contribution in [2.45, 2.75) is 39.3 Å². The lowest BCUT2D eigenvalue weighted by Gasteiger charge is -2.24. The van der Waals surface area contributed by atoms with E-state index in [4.69, 9.17) is 4.74 Å². The smallest absolute Gasteiger partial charge is 0.411 e. The van der Waals surface area contributed by atoms with E-state index in [0.717, 1.165) is 10.3 Å². The largest absolute Gasteiger partial charge is 0.444 e. The van der Waals surface area contributed by atoms with Gasteiger partial charge in [0.15, 0.2) is 5.69 Å². The van der Waals surface area contributed by atoms with Crippen LogP contribution in [0.25, 0.3) is 10.2 Å². The molecule has 1 aliphatic rings. The predicted molar refractivity (Wildman–Crippen MR) is 123 cm³/mol. The maximum Gasteiger partial charge on any atom is 0.411 e. The van der Waals surface area contributed by atoms with Gasteiger partial charge in [-0.2, -0.15) is 0 Å². The van der Waals surface area contributed by atoms with Crippen LogP contribution in [0.3, 0.4) is 0 Å². The number of carbonyl (C=O) groups is 2. The first-order valence-electron chi connectivity index (χ1n) is 10.4. The van der Waals surface area contributed by atoms with Crippen molar-refractivity contribution in [1.29, 1.82) is 0 Å². The maximum atomic E-state index is 13.3. The monoisotopic (exact) mass is 454 g/mol. The first kappa shape index (κ1) is 21.9. The minimum atomic E-state index is -0.587. The minimum Gasteiger partial charge on any atom is -0.444 e. The fraction of sp³-hybridized carbons (Fsp3) is 0.409. The van der Waals surface area contributed by atoms with Crippen molar-refractivity contribution in [3.63, 3.8) is 0 Å².